The van der Waals surface area contributed by atoms with E-state index in [4.69, 9.17) is 0 Å². The van der Waals surface area contributed by atoms with Crippen molar-refractivity contribution in [2.75, 3.05) is 0 Å². The normalized spacial score (nSPS) is 43.1. The van der Waals surface area contributed by atoms with Crippen molar-refractivity contribution in [3.8, 4) is 0 Å². The molecule has 4 saturated carbocycles. The molecule has 4 aliphatic rings. The van der Waals surface area contributed by atoms with Crippen LogP contribution in [0.5, 0.6) is 0 Å². The van der Waals surface area contributed by atoms with Gasteiger partial charge in [0.25, 0.3) is 0 Å². The third-order valence-electron chi connectivity index (χ3n) is 10.3. The number of hydrogen-bond donors (Lipinski definition) is 0. The topological polar surface area (TPSA) is 17.1 Å². The van der Waals surface area contributed by atoms with E-state index in [1.165, 1.54) is 61.5 Å². The van der Waals surface area contributed by atoms with Crippen LogP contribution >= 0.6 is 11.3 Å². The van der Waals surface area contributed by atoms with Crippen molar-refractivity contribution in [3.05, 3.63) is 35.2 Å². The molecule has 2 heteroatoms. The van der Waals surface area contributed by atoms with Gasteiger partial charge >= 0.3 is 0 Å². The molecule has 6 rings (SSSR count). The summed E-state index contributed by atoms with van der Waals surface area (Å²) >= 11 is 1.74. The number of fused-ring (bicyclic) bond motifs is 6. The largest absolute Gasteiger partial charge is 0.294 e. The molecule has 1 aromatic carbocycles. The van der Waals surface area contributed by atoms with E-state index in [9.17, 15) is 4.79 Å². The zero-order valence-electron chi connectivity index (χ0n) is 18.6. The molecule has 1 aromatic heterocycles. The van der Waals surface area contributed by atoms with Crippen molar-refractivity contribution >= 4 is 27.2 Å². The molecule has 1 heterocycles. The Morgan fingerprint density at radius 1 is 0.967 bits per heavy atom. The fraction of sp³-hybridized carbons (Fsp3) is 0.679. The number of ketones is 1. The third kappa shape index (κ3) is 2.81. The van der Waals surface area contributed by atoms with Crippen molar-refractivity contribution < 1.29 is 4.79 Å². The van der Waals surface area contributed by atoms with E-state index >= 15 is 0 Å². The number of hydrogen-bond acceptors (Lipinski definition) is 2. The van der Waals surface area contributed by atoms with Gasteiger partial charge < -0.3 is 0 Å². The molecule has 0 amide bonds. The SMILES string of the molecule is CC1CCC2C(CCC3C2CCC2(C)C(C(=O)c4csc5ccccc45)CCC32)C1. The van der Waals surface area contributed by atoms with Gasteiger partial charge in [0, 0.05) is 26.9 Å². The van der Waals surface area contributed by atoms with Crippen LogP contribution in [0.1, 0.15) is 82.0 Å². The molecular weight excluding hydrogens is 384 g/mol. The number of thiophene rings is 1. The van der Waals surface area contributed by atoms with E-state index in [-0.39, 0.29) is 11.3 Å². The Balaban J connectivity index is 1.27. The highest BCUT2D eigenvalue weighted by Gasteiger charge is 2.58. The lowest BCUT2D eigenvalue weighted by Crippen LogP contribution is -2.49. The minimum absolute atomic E-state index is 0.232. The maximum Gasteiger partial charge on any atom is 0.167 e. The van der Waals surface area contributed by atoms with Crippen molar-refractivity contribution in [2.24, 2.45) is 46.8 Å². The molecule has 4 aliphatic carbocycles. The number of carbonyl (C=O) groups is 1. The first-order chi connectivity index (χ1) is 14.6. The fourth-order valence-electron chi connectivity index (χ4n) is 8.87. The van der Waals surface area contributed by atoms with Crippen LogP contribution in [0.2, 0.25) is 0 Å². The smallest absolute Gasteiger partial charge is 0.167 e. The molecule has 0 bridgehead atoms. The quantitative estimate of drug-likeness (QED) is 0.450. The summed E-state index contributed by atoms with van der Waals surface area (Å²) < 4.78 is 1.26. The van der Waals surface area contributed by atoms with Crippen LogP contribution in [-0.4, -0.2) is 5.78 Å². The summed E-state index contributed by atoms with van der Waals surface area (Å²) in [6.07, 6.45) is 12.4. The van der Waals surface area contributed by atoms with Gasteiger partial charge in [0.05, 0.1) is 0 Å². The zero-order valence-corrected chi connectivity index (χ0v) is 19.4. The average Bonchev–Trinajstić information content (AvgIpc) is 3.34. The molecule has 1 nitrogen and oxygen atoms in total. The van der Waals surface area contributed by atoms with Gasteiger partial charge in [0.2, 0.25) is 0 Å². The lowest BCUT2D eigenvalue weighted by atomic mass is 9.49. The molecule has 0 saturated heterocycles. The number of benzene rings is 1. The zero-order chi connectivity index (χ0) is 20.5. The lowest BCUT2D eigenvalue weighted by molar-refractivity contribution is -0.0634. The molecule has 30 heavy (non-hydrogen) atoms. The van der Waals surface area contributed by atoms with Gasteiger partial charge in [-0.2, -0.15) is 0 Å². The van der Waals surface area contributed by atoms with E-state index in [0.717, 1.165) is 47.5 Å². The summed E-state index contributed by atoms with van der Waals surface area (Å²) in [7, 11) is 0. The van der Waals surface area contributed by atoms with Gasteiger partial charge in [-0.25, -0.2) is 0 Å². The van der Waals surface area contributed by atoms with Crippen LogP contribution in [0.25, 0.3) is 10.1 Å². The Bertz CT molecular complexity index is 958. The molecule has 0 aliphatic heterocycles. The molecule has 0 radical (unpaired) electrons. The second-order valence-electron chi connectivity index (χ2n) is 11.5. The fourth-order valence-corrected chi connectivity index (χ4v) is 9.83. The minimum Gasteiger partial charge on any atom is -0.294 e. The minimum atomic E-state index is 0.232. The molecule has 4 fully saturated rings. The Morgan fingerprint density at radius 2 is 1.80 bits per heavy atom. The van der Waals surface area contributed by atoms with Gasteiger partial charge in [-0.3, -0.25) is 4.79 Å². The summed E-state index contributed by atoms with van der Waals surface area (Å²) in [6, 6.07) is 8.48. The van der Waals surface area contributed by atoms with Crippen molar-refractivity contribution in [3.63, 3.8) is 0 Å². The van der Waals surface area contributed by atoms with E-state index in [2.05, 4.69) is 43.5 Å². The van der Waals surface area contributed by atoms with Gasteiger partial charge in [0.15, 0.2) is 5.78 Å². The van der Waals surface area contributed by atoms with Crippen molar-refractivity contribution in [2.45, 2.75) is 71.6 Å². The highest BCUT2D eigenvalue weighted by atomic mass is 32.1. The second-order valence-corrected chi connectivity index (χ2v) is 12.4. The molecule has 0 N–H and O–H groups in total. The molecule has 0 spiro atoms. The first-order valence-corrected chi connectivity index (χ1v) is 13.4. The van der Waals surface area contributed by atoms with Crippen molar-refractivity contribution in [1.82, 2.24) is 0 Å². The summed E-state index contributed by atoms with van der Waals surface area (Å²) in [5.41, 5.74) is 1.24. The van der Waals surface area contributed by atoms with E-state index in [0.29, 0.717) is 5.78 Å². The maximum atomic E-state index is 13.8. The average molecular weight is 421 g/mol. The van der Waals surface area contributed by atoms with E-state index in [1.54, 1.807) is 11.3 Å². The van der Waals surface area contributed by atoms with Gasteiger partial charge in [-0.1, -0.05) is 38.5 Å². The molecule has 2 aromatic rings. The van der Waals surface area contributed by atoms with Gasteiger partial charge in [-0.15, -0.1) is 11.3 Å². The highest BCUT2D eigenvalue weighted by molar-refractivity contribution is 7.17. The Labute approximate surface area is 185 Å². The highest BCUT2D eigenvalue weighted by Crippen LogP contribution is 2.64. The predicted molar refractivity (Wildman–Crippen MR) is 126 cm³/mol. The van der Waals surface area contributed by atoms with Crippen LogP contribution in [-0.2, 0) is 0 Å². The summed E-state index contributed by atoms with van der Waals surface area (Å²) in [4.78, 5) is 13.8. The van der Waals surface area contributed by atoms with Crippen LogP contribution in [0.3, 0.4) is 0 Å². The van der Waals surface area contributed by atoms with Gasteiger partial charge in [0.1, 0.15) is 0 Å². The second kappa shape index (κ2) is 7.19. The standard InChI is InChI=1S/C28H36OS/c1-17-7-9-19-18(15-17)8-10-21-20(19)13-14-28(2)24(21)11-12-25(28)27(29)23-16-30-26-6-4-3-5-22(23)26/h3-6,16-21,24-25H,7-15H2,1-2H3. The first kappa shape index (κ1) is 19.5. The van der Waals surface area contributed by atoms with Crippen LogP contribution in [0.4, 0.5) is 0 Å². The Hall–Kier alpha value is -1.15. The summed E-state index contributed by atoms with van der Waals surface area (Å²) in [5, 5.41) is 3.33. The van der Waals surface area contributed by atoms with E-state index < -0.39 is 0 Å². The van der Waals surface area contributed by atoms with E-state index in [1.807, 2.05) is 0 Å². The third-order valence-corrected chi connectivity index (χ3v) is 11.2. The number of Topliss-reactive ketones (excluding diaryl/α,β-unsaturated/α-hetero) is 1. The number of carbonyl (C=O) groups excluding carboxylic acids is 1. The Kier molecular flexibility index (Phi) is 4.68. The van der Waals surface area contributed by atoms with Crippen molar-refractivity contribution in [1.29, 1.82) is 0 Å². The monoisotopic (exact) mass is 420 g/mol. The number of rotatable bonds is 2. The molecule has 160 valence electrons. The maximum absolute atomic E-state index is 13.8. The van der Waals surface area contributed by atoms with Crippen LogP contribution in [0.15, 0.2) is 29.6 Å². The molecular formula is C28H36OS. The summed E-state index contributed by atoms with van der Waals surface area (Å²) in [5.74, 6) is 6.30. The van der Waals surface area contributed by atoms with Gasteiger partial charge in [-0.05, 0) is 98.4 Å². The molecule has 8 atom stereocenters. The van der Waals surface area contributed by atoms with Crippen LogP contribution in [0, 0.1) is 46.8 Å². The lowest BCUT2D eigenvalue weighted by Gasteiger charge is -2.56. The summed E-state index contributed by atoms with van der Waals surface area (Å²) in [6.45, 7) is 4.98. The Morgan fingerprint density at radius 3 is 2.70 bits per heavy atom. The van der Waals surface area contributed by atoms with Crippen LogP contribution < -0.4 is 0 Å². The first-order valence-electron chi connectivity index (χ1n) is 12.6. The molecule has 8 unspecified atom stereocenters. The predicted octanol–water partition coefficient (Wildman–Crippen LogP) is 7.99.